The molecule has 0 fully saturated rings. The largest absolute Gasteiger partial charge is 0.0654 e. The van der Waals surface area contributed by atoms with E-state index in [-0.39, 0.29) is 5.41 Å². The lowest BCUT2D eigenvalue weighted by molar-refractivity contribution is 0.401. The normalized spacial score (nSPS) is 13.7. The van der Waals surface area contributed by atoms with Crippen molar-refractivity contribution in [2.75, 3.05) is 0 Å². The molecule has 1 aliphatic rings. The lowest BCUT2D eigenvalue weighted by Crippen LogP contribution is -2.25. The van der Waals surface area contributed by atoms with Gasteiger partial charge >= 0.3 is 0 Å². The molecule has 0 unspecified atom stereocenters. The van der Waals surface area contributed by atoms with Crippen LogP contribution in [0.15, 0.2) is 60.7 Å². The molecule has 3 aromatic carbocycles. The Kier molecular flexibility index (Phi) is 7.74. The number of fused-ring (bicyclic) bond motifs is 3. The van der Waals surface area contributed by atoms with E-state index >= 15 is 0 Å². The van der Waals surface area contributed by atoms with Crippen LogP contribution < -0.4 is 0 Å². The fraction of sp³-hybridized carbons (Fsp3) is 0.455. The fourth-order valence-electron chi connectivity index (χ4n) is 5.91. The number of rotatable bonds is 11. The molecule has 33 heavy (non-hydrogen) atoms. The van der Waals surface area contributed by atoms with Gasteiger partial charge in [-0.25, -0.2) is 0 Å². The van der Waals surface area contributed by atoms with Gasteiger partial charge < -0.3 is 0 Å². The van der Waals surface area contributed by atoms with Crippen LogP contribution in [-0.2, 0) is 5.41 Å². The van der Waals surface area contributed by atoms with Crippen LogP contribution in [0, 0.1) is 13.8 Å². The van der Waals surface area contributed by atoms with Gasteiger partial charge in [0.05, 0.1) is 0 Å². The molecule has 0 nitrogen and oxygen atoms in total. The zero-order valence-corrected chi connectivity index (χ0v) is 21.3. The molecule has 0 heterocycles. The van der Waals surface area contributed by atoms with Crippen LogP contribution in [-0.4, -0.2) is 0 Å². The van der Waals surface area contributed by atoms with Gasteiger partial charge in [0.25, 0.3) is 0 Å². The van der Waals surface area contributed by atoms with Gasteiger partial charge in [-0.2, -0.15) is 0 Å². The molecule has 0 aromatic heterocycles. The lowest BCUT2D eigenvalue weighted by Gasteiger charge is -2.33. The summed E-state index contributed by atoms with van der Waals surface area (Å²) >= 11 is 0. The molecule has 174 valence electrons. The second-order valence-electron chi connectivity index (χ2n) is 10.4. The van der Waals surface area contributed by atoms with Gasteiger partial charge in [-0.1, -0.05) is 131 Å². The highest BCUT2D eigenvalue weighted by molar-refractivity contribution is 5.84. The summed E-state index contributed by atoms with van der Waals surface area (Å²) in [5, 5.41) is 0. The van der Waals surface area contributed by atoms with Crippen LogP contribution in [0.4, 0.5) is 0 Å². The summed E-state index contributed by atoms with van der Waals surface area (Å²) in [4.78, 5) is 0. The highest BCUT2D eigenvalue weighted by atomic mass is 14.4. The predicted octanol–water partition coefficient (Wildman–Crippen LogP) is 10.2. The molecule has 0 heteroatoms. The van der Waals surface area contributed by atoms with E-state index in [2.05, 4.69) is 88.4 Å². The van der Waals surface area contributed by atoms with E-state index in [0.717, 1.165) is 0 Å². The third-order valence-electron chi connectivity index (χ3n) is 7.82. The van der Waals surface area contributed by atoms with Gasteiger partial charge in [0, 0.05) is 5.41 Å². The van der Waals surface area contributed by atoms with Gasteiger partial charge in [-0.05, 0) is 66.1 Å². The van der Waals surface area contributed by atoms with Gasteiger partial charge in [-0.15, -0.1) is 0 Å². The van der Waals surface area contributed by atoms with Crippen LogP contribution in [0.5, 0.6) is 0 Å². The van der Waals surface area contributed by atoms with Crippen LogP contribution in [0.1, 0.15) is 100 Å². The topological polar surface area (TPSA) is 0 Å². The molecular formula is C33H42. The van der Waals surface area contributed by atoms with Crippen LogP contribution in [0.3, 0.4) is 0 Å². The number of hydrogen-bond donors (Lipinski definition) is 0. The molecule has 0 saturated carbocycles. The highest BCUT2D eigenvalue weighted by Gasteiger charge is 2.42. The molecule has 0 N–H and O–H groups in total. The van der Waals surface area contributed by atoms with Crippen molar-refractivity contribution in [3.63, 3.8) is 0 Å². The number of aryl methyl sites for hydroxylation is 2. The molecule has 0 radical (unpaired) electrons. The average Bonchev–Trinajstić information content (AvgIpc) is 3.09. The molecule has 1 aliphatic carbocycles. The van der Waals surface area contributed by atoms with E-state index in [1.165, 1.54) is 97.6 Å². The summed E-state index contributed by atoms with van der Waals surface area (Å²) in [6.07, 6.45) is 13.2. The Morgan fingerprint density at radius 3 is 1.64 bits per heavy atom. The van der Waals surface area contributed by atoms with Crippen molar-refractivity contribution >= 4 is 0 Å². The van der Waals surface area contributed by atoms with Crippen molar-refractivity contribution in [2.45, 2.75) is 97.3 Å². The molecule has 0 amide bonds. The minimum Gasteiger partial charge on any atom is -0.0654 e. The monoisotopic (exact) mass is 438 g/mol. The van der Waals surface area contributed by atoms with Crippen molar-refractivity contribution in [3.8, 4) is 22.3 Å². The van der Waals surface area contributed by atoms with Crippen molar-refractivity contribution in [1.29, 1.82) is 0 Å². The number of hydrogen-bond acceptors (Lipinski definition) is 0. The van der Waals surface area contributed by atoms with Crippen LogP contribution in [0.2, 0.25) is 0 Å². The van der Waals surface area contributed by atoms with E-state index in [9.17, 15) is 0 Å². The maximum atomic E-state index is 2.55. The molecule has 0 aliphatic heterocycles. The lowest BCUT2D eigenvalue weighted by atomic mass is 9.70. The molecule has 0 saturated heterocycles. The van der Waals surface area contributed by atoms with Gasteiger partial charge in [0.15, 0.2) is 0 Å². The Balaban J connectivity index is 1.81. The van der Waals surface area contributed by atoms with Crippen molar-refractivity contribution in [2.24, 2.45) is 0 Å². The molecule has 4 rings (SSSR count). The maximum Gasteiger partial charge on any atom is 0.0215 e. The molecule has 0 atom stereocenters. The second-order valence-corrected chi connectivity index (χ2v) is 10.4. The zero-order chi connectivity index (χ0) is 23.3. The van der Waals surface area contributed by atoms with E-state index in [1.54, 1.807) is 11.1 Å². The Morgan fingerprint density at radius 2 is 1.03 bits per heavy atom. The number of unbranched alkanes of at least 4 members (excludes halogenated alkanes) is 6. The summed E-state index contributed by atoms with van der Waals surface area (Å²) in [5.74, 6) is 0. The summed E-state index contributed by atoms with van der Waals surface area (Å²) < 4.78 is 0. The van der Waals surface area contributed by atoms with Gasteiger partial charge in [-0.3, -0.25) is 0 Å². The molecular weight excluding hydrogens is 396 g/mol. The fourth-order valence-corrected chi connectivity index (χ4v) is 5.91. The Morgan fingerprint density at radius 1 is 0.515 bits per heavy atom. The van der Waals surface area contributed by atoms with E-state index in [4.69, 9.17) is 0 Å². The zero-order valence-electron chi connectivity index (χ0n) is 21.3. The van der Waals surface area contributed by atoms with E-state index < -0.39 is 0 Å². The van der Waals surface area contributed by atoms with Crippen LogP contribution in [0.25, 0.3) is 22.3 Å². The maximum absolute atomic E-state index is 2.55. The first-order valence-corrected chi connectivity index (χ1v) is 13.4. The summed E-state index contributed by atoms with van der Waals surface area (Å²) in [6.45, 7) is 9.07. The quantitative estimate of drug-likeness (QED) is 0.261. The smallest absolute Gasteiger partial charge is 0.0215 e. The minimum atomic E-state index is 0.166. The first kappa shape index (κ1) is 23.8. The van der Waals surface area contributed by atoms with E-state index in [1.807, 2.05) is 0 Å². The Bertz CT molecular complexity index is 1040. The summed E-state index contributed by atoms with van der Waals surface area (Å²) in [7, 11) is 0. The van der Waals surface area contributed by atoms with Gasteiger partial charge in [0.1, 0.15) is 0 Å². The van der Waals surface area contributed by atoms with Crippen molar-refractivity contribution < 1.29 is 0 Å². The Hall–Kier alpha value is -2.34. The second kappa shape index (κ2) is 10.7. The first-order chi connectivity index (χ1) is 16.1. The van der Waals surface area contributed by atoms with Crippen LogP contribution >= 0.6 is 0 Å². The van der Waals surface area contributed by atoms with Crippen molar-refractivity contribution in [3.05, 3.63) is 82.9 Å². The highest BCUT2D eigenvalue weighted by Crippen LogP contribution is 2.55. The minimum absolute atomic E-state index is 0.166. The third-order valence-corrected chi connectivity index (χ3v) is 7.82. The number of benzene rings is 3. The molecule has 3 aromatic rings. The summed E-state index contributed by atoms with van der Waals surface area (Å²) in [6, 6.07) is 23.6. The summed E-state index contributed by atoms with van der Waals surface area (Å²) in [5.41, 5.74) is 11.7. The predicted molar refractivity (Wildman–Crippen MR) is 145 cm³/mol. The van der Waals surface area contributed by atoms with E-state index in [0.29, 0.717) is 0 Å². The van der Waals surface area contributed by atoms with Gasteiger partial charge in [0.2, 0.25) is 0 Å². The molecule has 0 bridgehead atoms. The Labute approximate surface area is 202 Å². The standard InChI is InChI=1S/C33H42/c1-5-7-9-11-21-33(22-12-10-8-6-2)31-23-26(4)15-19-29(31)30-20-18-28(24-32(30)33)27-16-13-25(3)14-17-27/h13-20,23-24H,5-12,21-22H2,1-4H3. The first-order valence-electron chi connectivity index (χ1n) is 13.4. The average molecular weight is 439 g/mol. The SMILES string of the molecule is CCCCCCC1(CCCCCC)c2cc(C)ccc2-c2ccc(-c3ccc(C)cc3)cc21. The molecule has 0 spiro atoms. The van der Waals surface area contributed by atoms with Crippen molar-refractivity contribution in [1.82, 2.24) is 0 Å². The third kappa shape index (κ3) is 4.96.